The Bertz CT molecular complexity index is 914. The first-order valence-electron chi connectivity index (χ1n) is 9.83. The molecule has 8 nitrogen and oxygen atoms in total. The number of amides is 1. The van der Waals surface area contributed by atoms with E-state index in [2.05, 4.69) is 17.1 Å². The lowest BCUT2D eigenvalue weighted by Gasteiger charge is -2.36. The minimum atomic E-state index is -3.71. The van der Waals surface area contributed by atoms with Gasteiger partial charge in [0.1, 0.15) is 5.69 Å². The van der Waals surface area contributed by atoms with Crippen LogP contribution in [0.1, 0.15) is 32.6 Å². The van der Waals surface area contributed by atoms with E-state index in [1.165, 1.54) is 16.8 Å². The molecule has 2 fully saturated rings. The Morgan fingerprint density at radius 1 is 1.18 bits per heavy atom. The van der Waals surface area contributed by atoms with Crippen molar-refractivity contribution in [2.45, 2.75) is 37.7 Å². The third-order valence-electron chi connectivity index (χ3n) is 5.71. The zero-order chi connectivity index (χ0) is 19.7. The molecule has 4 heterocycles. The molecule has 2 aliphatic heterocycles. The van der Waals surface area contributed by atoms with Crippen LogP contribution in [-0.4, -0.2) is 59.9 Å². The Morgan fingerprint density at radius 3 is 2.64 bits per heavy atom. The quantitative estimate of drug-likeness (QED) is 0.840. The summed E-state index contributed by atoms with van der Waals surface area (Å²) in [5, 5.41) is 6.53. The molecule has 28 heavy (non-hydrogen) atoms. The highest BCUT2D eigenvalue weighted by Crippen LogP contribution is 2.29. The van der Waals surface area contributed by atoms with Crippen molar-refractivity contribution in [1.82, 2.24) is 19.4 Å². The van der Waals surface area contributed by atoms with Crippen LogP contribution in [-0.2, 0) is 14.8 Å². The molecule has 0 aromatic carbocycles. The van der Waals surface area contributed by atoms with Gasteiger partial charge in [0.05, 0.1) is 0 Å². The van der Waals surface area contributed by atoms with Crippen LogP contribution < -0.4 is 0 Å². The summed E-state index contributed by atoms with van der Waals surface area (Å²) in [5.74, 6) is 1.07. The molecular weight excluding hydrogens is 380 g/mol. The molecule has 2 aromatic rings. The van der Waals surface area contributed by atoms with Gasteiger partial charge in [-0.05, 0) is 49.8 Å². The van der Waals surface area contributed by atoms with Crippen LogP contribution >= 0.6 is 0 Å². The molecule has 0 radical (unpaired) electrons. The maximum Gasteiger partial charge on any atom is 0.276 e. The first kappa shape index (κ1) is 19.2. The van der Waals surface area contributed by atoms with Crippen molar-refractivity contribution in [3.8, 4) is 11.5 Å². The number of piperidine rings is 2. The fourth-order valence-electron chi connectivity index (χ4n) is 4.11. The highest BCUT2D eigenvalue weighted by molar-refractivity contribution is 7.89. The number of sulfonamides is 1. The van der Waals surface area contributed by atoms with E-state index in [9.17, 15) is 13.2 Å². The van der Waals surface area contributed by atoms with Gasteiger partial charge in [-0.2, -0.15) is 9.40 Å². The van der Waals surface area contributed by atoms with E-state index in [-0.39, 0.29) is 16.9 Å². The predicted molar refractivity (Wildman–Crippen MR) is 103 cm³/mol. The van der Waals surface area contributed by atoms with Gasteiger partial charge in [-0.15, -0.1) is 0 Å². The predicted octanol–water partition coefficient (Wildman–Crippen LogP) is 2.33. The summed E-state index contributed by atoms with van der Waals surface area (Å²) in [7, 11) is -3.71. The number of hydrogen-bond acceptors (Lipinski definition) is 5. The molecule has 2 aromatic heterocycles. The number of aromatic nitrogens is 2. The summed E-state index contributed by atoms with van der Waals surface area (Å²) in [6.45, 7) is 4.49. The summed E-state index contributed by atoms with van der Waals surface area (Å²) in [5.41, 5.74) is 0.626. The van der Waals surface area contributed by atoms with Gasteiger partial charge >= 0.3 is 0 Å². The average molecular weight is 407 g/mol. The molecule has 0 spiro atoms. The number of nitrogens with one attached hydrogen (secondary N) is 1. The van der Waals surface area contributed by atoms with E-state index >= 15 is 0 Å². The highest BCUT2D eigenvalue weighted by Gasteiger charge is 2.36. The Balaban J connectivity index is 1.39. The summed E-state index contributed by atoms with van der Waals surface area (Å²) < 4.78 is 32.8. The second-order valence-electron chi connectivity index (χ2n) is 7.80. The average Bonchev–Trinajstić information content (AvgIpc) is 3.39. The monoisotopic (exact) mass is 406 g/mol. The van der Waals surface area contributed by atoms with Crippen LogP contribution in [0.2, 0.25) is 0 Å². The zero-order valence-corrected chi connectivity index (χ0v) is 16.8. The number of aromatic amines is 1. The van der Waals surface area contributed by atoms with Crippen LogP contribution in [0.25, 0.3) is 11.5 Å². The van der Waals surface area contributed by atoms with E-state index in [0.717, 1.165) is 19.5 Å². The Labute approximate surface area is 164 Å². The van der Waals surface area contributed by atoms with Crippen molar-refractivity contribution < 1.29 is 17.6 Å². The second-order valence-corrected chi connectivity index (χ2v) is 9.67. The molecule has 1 unspecified atom stereocenters. The molecule has 1 N–H and O–H groups in total. The van der Waals surface area contributed by atoms with Crippen LogP contribution in [0.15, 0.2) is 33.9 Å². The minimum Gasteiger partial charge on any atom is -0.442 e. The van der Waals surface area contributed by atoms with E-state index in [0.29, 0.717) is 43.3 Å². The lowest BCUT2D eigenvalue weighted by atomic mass is 9.93. The van der Waals surface area contributed by atoms with Crippen LogP contribution in [0.4, 0.5) is 0 Å². The highest BCUT2D eigenvalue weighted by atomic mass is 32.2. The molecule has 0 bridgehead atoms. The number of likely N-dealkylation sites (tertiary alicyclic amines) is 1. The van der Waals surface area contributed by atoms with Crippen molar-refractivity contribution in [2.24, 2.45) is 11.8 Å². The molecule has 0 saturated carbocycles. The summed E-state index contributed by atoms with van der Waals surface area (Å²) >= 11 is 0. The number of rotatable bonds is 4. The maximum absolute atomic E-state index is 12.9. The number of carbonyl (C=O) groups excluding carboxylic acids is 1. The lowest BCUT2D eigenvalue weighted by Crippen LogP contribution is -2.46. The van der Waals surface area contributed by atoms with E-state index < -0.39 is 10.0 Å². The Morgan fingerprint density at radius 2 is 1.96 bits per heavy atom. The van der Waals surface area contributed by atoms with E-state index in [1.54, 1.807) is 18.3 Å². The van der Waals surface area contributed by atoms with E-state index in [4.69, 9.17) is 4.42 Å². The second kappa shape index (κ2) is 7.71. The molecule has 1 amide bonds. The van der Waals surface area contributed by atoms with Crippen molar-refractivity contribution in [2.75, 3.05) is 26.2 Å². The standard InChI is InChI=1S/C19H26N4O4S/c1-14-3-2-10-22(13-14)19(24)15-7-11-23(12-8-15)28(25,26)18-5-4-17(27-18)16-6-9-20-21-16/h4-6,9,14-15H,2-3,7-8,10-13H2,1H3,(H,20,21). The van der Waals surface area contributed by atoms with Crippen molar-refractivity contribution in [1.29, 1.82) is 0 Å². The fraction of sp³-hybridized carbons (Fsp3) is 0.579. The summed E-state index contributed by atoms with van der Waals surface area (Å²) in [4.78, 5) is 14.8. The normalized spacial score (nSPS) is 22.5. The number of hydrogen-bond donors (Lipinski definition) is 1. The number of nitrogens with zero attached hydrogens (tertiary/aromatic N) is 3. The SMILES string of the molecule is CC1CCCN(C(=O)C2CCN(S(=O)(=O)c3ccc(-c4ccn[nH]4)o3)CC2)C1. The molecule has 1 atom stereocenters. The van der Waals surface area contributed by atoms with Crippen molar-refractivity contribution in [3.05, 3.63) is 24.4 Å². The summed E-state index contributed by atoms with van der Waals surface area (Å²) in [6.07, 6.45) is 4.91. The third-order valence-corrected chi connectivity index (χ3v) is 7.49. The minimum absolute atomic E-state index is 0.0771. The Hall–Kier alpha value is -2.13. The van der Waals surface area contributed by atoms with Crippen LogP contribution in [0.3, 0.4) is 0 Å². The van der Waals surface area contributed by atoms with E-state index in [1.807, 2.05) is 4.90 Å². The Kier molecular flexibility index (Phi) is 5.29. The van der Waals surface area contributed by atoms with Gasteiger partial charge in [0.25, 0.3) is 10.0 Å². The molecule has 2 saturated heterocycles. The van der Waals surface area contributed by atoms with Gasteiger partial charge in [-0.25, -0.2) is 8.42 Å². The largest absolute Gasteiger partial charge is 0.442 e. The number of furan rings is 1. The maximum atomic E-state index is 12.9. The molecule has 2 aliphatic rings. The van der Waals surface area contributed by atoms with Gasteiger partial charge in [0.2, 0.25) is 11.0 Å². The zero-order valence-electron chi connectivity index (χ0n) is 16.0. The number of carbonyl (C=O) groups is 1. The van der Waals surface area contributed by atoms with Crippen LogP contribution in [0, 0.1) is 11.8 Å². The fourth-order valence-corrected chi connectivity index (χ4v) is 5.50. The number of H-pyrrole nitrogens is 1. The van der Waals surface area contributed by atoms with Gasteiger partial charge in [0, 0.05) is 38.3 Å². The van der Waals surface area contributed by atoms with Gasteiger partial charge < -0.3 is 9.32 Å². The third kappa shape index (κ3) is 3.73. The molecule has 152 valence electrons. The molecule has 0 aliphatic carbocycles. The van der Waals surface area contributed by atoms with Gasteiger partial charge in [0.15, 0.2) is 5.76 Å². The summed E-state index contributed by atoms with van der Waals surface area (Å²) in [6, 6.07) is 4.81. The van der Waals surface area contributed by atoms with Crippen LogP contribution in [0.5, 0.6) is 0 Å². The van der Waals surface area contributed by atoms with Crippen molar-refractivity contribution in [3.63, 3.8) is 0 Å². The first-order valence-corrected chi connectivity index (χ1v) is 11.3. The van der Waals surface area contributed by atoms with Gasteiger partial charge in [-0.1, -0.05) is 6.92 Å². The smallest absolute Gasteiger partial charge is 0.276 e. The van der Waals surface area contributed by atoms with Gasteiger partial charge in [-0.3, -0.25) is 9.89 Å². The molecular formula is C19H26N4O4S. The lowest BCUT2D eigenvalue weighted by molar-refractivity contribution is -0.138. The van der Waals surface area contributed by atoms with Crippen molar-refractivity contribution >= 4 is 15.9 Å². The topological polar surface area (TPSA) is 99.5 Å². The molecule has 4 rings (SSSR count). The molecule has 9 heteroatoms. The first-order chi connectivity index (χ1) is 13.4.